The van der Waals surface area contributed by atoms with Crippen LogP contribution in [0.5, 0.6) is 0 Å². The zero-order valence-electron chi connectivity index (χ0n) is 7.21. The van der Waals surface area contributed by atoms with E-state index in [1.54, 1.807) is 0 Å². The average Bonchev–Trinajstić information content (AvgIpc) is 2.80. The first-order valence-electron chi connectivity index (χ1n) is 4.22. The van der Waals surface area contributed by atoms with Crippen LogP contribution in [0.4, 0.5) is 8.78 Å². The Hall–Kier alpha value is -1.45. The summed E-state index contributed by atoms with van der Waals surface area (Å²) in [4.78, 5) is 10.5. The van der Waals surface area contributed by atoms with Crippen molar-refractivity contribution in [2.45, 2.75) is 12.1 Å². The van der Waals surface area contributed by atoms with Crippen LogP contribution in [-0.4, -0.2) is 11.1 Å². The van der Waals surface area contributed by atoms with Gasteiger partial charge < -0.3 is 5.11 Å². The minimum Gasteiger partial charge on any atom is -0.481 e. The van der Waals surface area contributed by atoms with Crippen LogP contribution in [0.15, 0.2) is 24.3 Å². The number of carboxylic acids is 1. The molecule has 0 aromatic heterocycles. The molecular formula is C10H8F2O2. The molecule has 1 saturated carbocycles. The van der Waals surface area contributed by atoms with E-state index in [4.69, 9.17) is 5.11 Å². The third-order valence-electron chi connectivity index (χ3n) is 2.52. The lowest BCUT2D eigenvalue weighted by Crippen LogP contribution is -2.09. The highest BCUT2D eigenvalue weighted by molar-refractivity contribution is 5.76. The maximum absolute atomic E-state index is 13.8. The topological polar surface area (TPSA) is 37.3 Å². The standard InChI is InChI=1S/C10H8F2O2/c11-7-3-1-6(2-4-7)10(12)5-8(10)9(13)14/h1-4,8H,5H2,(H,13,14). The van der Waals surface area contributed by atoms with Crippen molar-refractivity contribution in [2.75, 3.05) is 0 Å². The molecule has 1 aliphatic carbocycles. The van der Waals surface area contributed by atoms with Crippen LogP contribution in [0, 0.1) is 11.7 Å². The van der Waals surface area contributed by atoms with Crippen molar-refractivity contribution in [2.24, 2.45) is 5.92 Å². The van der Waals surface area contributed by atoms with Gasteiger partial charge in [-0.3, -0.25) is 4.79 Å². The summed E-state index contributed by atoms with van der Waals surface area (Å²) in [5, 5.41) is 8.59. The van der Waals surface area contributed by atoms with Crippen molar-refractivity contribution < 1.29 is 18.7 Å². The summed E-state index contributed by atoms with van der Waals surface area (Å²) in [7, 11) is 0. The Morgan fingerprint density at radius 1 is 1.43 bits per heavy atom. The molecule has 0 aliphatic heterocycles. The van der Waals surface area contributed by atoms with Crippen molar-refractivity contribution in [1.29, 1.82) is 0 Å². The zero-order chi connectivity index (χ0) is 10.3. The predicted molar refractivity (Wildman–Crippen MR) is 44.9 cm³/mol. The molecule has 0 saturated heterocycles. The molecule has 1 N–H and O–H groups in total. The first kappa shape index (κ1) is 9.12. The van der Waals surface area contributed by atoms with Crippen LogP contribution in [0.3, 0.4) is 0 Å². The van der Waals surface area contributed by atoms with Gasteiger partial charge in [0.15, 0.2) is 0 Å². The number of carboxylic acid groups (broad SMARTS) is 1. The molecular weight excluding hydrogens is 190 g/mol. The second-order valence-electron chi connectivity index (χ2n) is 3.46. The second-order valence-corrected chi connectivity index (χ2v) is 3.46. The lowest BCUT2D eigenvalue weighted by molar-refractivity contribution is -0.139. The van der Waals surface area contributed by atoms with E-state index in [2.05, 4.69) is 0 Å². The van der Waals surface area contributed by atoms with E-state index >= 15 is 0 Å². The highest BCUT2D eigenvalue weighted by atomic mass is 19.1. The van der Waals surface area contributed by atoms with E-state index in [1.165, 1.54) is 12.1 Å². The fourth-order valence-electron chi connectivity index (χ4n) is 1.57. The van der Waals surface area contributed by atoms with Gasteiger partial charge in [-0.25, -0.2) is 8.78 Å². The minimum atomic E-state index is -1.79. The molecule has 14 heavy (non-hydrogen) atoms. The fourth-order valence-corrected chi connectivity index (χ4v) is 1.57. The molecule has 0 radical (unpaired) electrons. The molecule has 2 atom stereocenters. The van der Waals surface area contributed by atoms with Crippen molar-refractivity contribution in [3.05, 3.63) is 35.6 Å². The second kappa shape index (κ2) is 2.77. The number of alkyl halides is 1. The number of hydrogen-bond acceptors (Lipinski definition) is 1. The van der Waals surface area contributed by atoms with Crippen LogP contribution in [0.25, 0.3) is 0 Å². The molecule has 2 nitrogen and oxygen atoms in total. The van der Waals surface area contributed by atoms with Gasteiger partial charge >= 0.3 is 5.97 Å². The first-order chi connectivity index (χ1) is 6.54. The number of aliphatic carboxylic acids is 1. The molecule has 2 rings (SSSR count). The number of halogens is 2. The number of rotatable bonds is 2. The first-order valence-corrected chi connectivity index (χ1v) is 4.22. The van der Waals surface area contributed by atoms with Crippen molar-refractivity contribution in [1.82, 2.24) is 0 Å². The quantitative estimate of drug-likeness (QED) is 0.790. The van der Waals surface area contributed by atoms with Gasteiger partial charge in [0, 0.05) is 6.42 Å². The van der Waals surface area contributed by atoms with Gasteiger partial charge in [0.2, 0.25) is 0 Å². The van der Waals surface area contributed by atoms with E-state index in [0.29, 0.717) is 0 Å². The lowest BCUT2D eigenvalue weighted by atomic mass is 10.1. The Kier molecular flexibility index (Phi) is 1.80. The van der Waals surface area contributed by atoms with Crippen LogP contribution < -0.4 is 0 Å². The Balaban J connectivity index is 2.25. The predicted octanol–water partition coefficient (Wildman–Crippen LogP) is 2.10. The Morgan fingerprint density at radius 3 is 2.43 bits per heavy atom. The van der Waals surface area contributed by atoms with Gasteiger partial charge in [0.1, 0.15) is 11.5 Å². The van der Waals surface area contributed by atoms with E-state index < -0.39 is 23.4 Å². The summed E-state index contributed by atoms with van der Waals surface area (Å²) in [6, 6.07) is 4.85. The van der Waals surface area contributed by atoms with Gasteiger partial charge in [-0.05, 0) is 17.7 Å². The summed E-state index contributed by atoms with van der Waals surface area (Å²) in [5.41, 5.74) is -1.55. The monoisotopic (exact) mass is 198 g/mol. The van der Waals surface area contributed by atoms with Gasteiger partial charge in [-0.2, -0.15) is 0 Å². The van der Waals surface area contributed by atoms with Gasteiger partial charge in [0.25, 0.3) is 0 Å². The highest BCUT2D eigenvalue weighted by Gasteiger charge is 2.61. The summed E-state index contributed by atoms with van der Waals surface area (Å²) >= 11 is 0. The zero-order valence-corrected chi connectivity index (χ0v) is 7.21. The molecule has 1 aromatic rings. The van der Waals surface area contributed by atoms with Crippen LogP contribution in [0.1, 0.15) is 12.0 Å². The molecule has 1 fully saturated rings. The van der Waals surface area contributed by atoms with Crippen molar-refractivity contribution >= 4 is 5.97 Å². The smallest absolute Gasteiger partial charge is 0.310 e. The lowest BCUT2D eigenvalue weighted by Gasteiger charge is -2.05. The normalized spacial score (nSPS) is 30.0. The fraction of sp³-hybridized carbons (Fsp3) is 0.300. The SMILES string of the molecule is O=C(O)C1CC1(F)c1ccc(F)cc1. The van der Waals surface area contributed by atoms with Crippen molar-refractivity contribution in [3.63, 3.8) is 0 Å². The van der Waals surface area contributed by atoms with Crippen LogP contribution in [0.2, 0.25) is 0 Å². The summed E-state index contributed by atoms with van der Waals surface area (Å²) in [5.74, 6) is -2.57. The molecule has 0 heterocycles. The molecule has 2 unspecified atom stereocenters. The summed E-state index contributed by atoms with van der Waals surface area (Å²) < 4.78 is 26.3. The largest absolute Gasteiger partial charge is 0.481 e. The number of carbonyl (C=O) groups is 1. The highest BCUT2D eigenvalue weighted by Crippen LogP contribution is 2.55. The molecule has 0 spiro atoms. The third-order valence-corrected chi connectivity index (χ3v) is 2.52. The maximum atomic E-state index is 13.8. The molecule has 1 aromatic carbocycles. The van der Waals surface area contributed by atoms with E-state index in [1.807, 2.05) is 0 Å². The third kappa shape index (κ3) is 1.27. The molecule has 0 amide bonds. The summed E-state index contributed by atoms with van der Waals surface area (Å²) in [6.45, 7) is 0. The van der Waals surface area contributed by atoms with Crippen molar-refractivity contribution in [3.8, 4) is 0 Å². The van der Waals surface area contributed by atoms with Gasteiger partial charge in [0.05, 0.1) is 5.92 Å². The van der Waals surface area contributed by atoms with E-state index in [0.717, 1.165) is 12.1 Å². The Labute approximate surface area is 79.2 Å². The number of hydrogen-bond donors (Lipinski definition) is 1. The molecule has 1 aliphatic rings. The number of benzene rings is 1. The van der Waals surface area contributed by atoms with E-state index in [-0.39, 0.29) is 12.0 Å². The average molecular weight is 198 g/mol. The van der Waals surface area contributed by atoms with Gasteiger partial charge in [-0.15, -0.1) is 0 Å². The van der Waals surface area contributed by atoms with Crippen LogP contribution >= 0.6 is 0 Å². The molecule has 4 heteroatoms. The van der Waals surface area contributed by atoms with E-state index in [9.17, 15) is 13.6 Å². The molecule has 0 bridgehead atoms. The Bertz CT molecular complexity index is 374. The maximum Gasteiger partial charge on any atom is 0.310 e. The molecule has 74 valence electrons. The van der Waals surface area contributed by atoms with Gasteiger partial charge in [-0.1, -0.05) is 12.1 Å². The Morgan fingerprint density at radius 2 is 2.00 bits per heavy atom. The summed E-state index contributed by atoms with van der Waals surface area (Å²) in [6.07, 6.45) is -0.0199. The van der Waals surface area contributed by atoms with Crippen LogP contribution in [-0.2, 0) is 10.5 Å². The minimum absolute atomic E-state index is 0.0199.